The number of ether oxygens (including phenoxy) is 2. The predicted octanol–water partition coefficient (Wildman–Crippen LogP) is 2.88. The Morgan fingerprint density at radius 3 is 2.42 bits per heavy atom. The Labute approximate surface area is 116 Å². The third-order valence-corrected chi connectivity index (χ3v) is 3.14. The van der Waals surface area contributed by atoms with Crippen molar-refractivity contribution in [1.29, 1.82) is 0 Å². The standard InChI is InChI=1S/C16H25NO2/c1-13(2)19-10-9-18-12-15-5-3-14(4-6-15)11-17-16-7-8-16/h3-6,13,16-17H,7-12H2,1-2H3. The summed E-state index contributed by atoms with van der Waals surface area (Å²) in [5.74, 6) is 0. The average Bonchev–Trinajstić information content (AvgIpc) is 3.21. The highest BCUT2D eigenvalue weighted by Gasteiger charge is 2.19. The first-order chi connectivity index (χ1) is 9.24. The average molecular weight is 263 g/mol. The summed E-state index contributed by atoms with van der Waals surface area (Å²) in [6.45, 7) is 7.04. The molecule has 1 aliphatic carbocycles. The highest BCUT2D eigenvalue weighted by molar-refractivity contribution is 5.22. The van der Waals surface area contributed by atoms with E-state index in [2.05, 4.69) is 29.6 Å². The predicted molar refractivity (Wildman–Crippen MR) is 77.0 cm³/mol. The molecule has 1 aromatic rings. The van der Waals surface area contributed by atoms with Gasteiger partial charge in [-0.1, -0.05) is 24.3 Å². The van der Waals surface area contributed by atoms with Crippen LogP contribution in [0.2, 0.25) is 0 Å². The van der Waals surface area contributed by atoms with Gasteiger partial charge in [-0.25, -0.2) is 0 Å². The highest BCUT2D eigenvalue weighted by atomic mass is 16.5. The SMILES string of the molecule is CC(C)OCCOCc1ccc(CNC2CC2)cc1. The molecule has 0 amide bonds. The van der Waals surface area contributed by atoms with E-state index in [9.17, 15) is 0 Å². The maximum Gasteiger partial charge on any atom is 0.0718 e. The van der Waals surface area contributed by atoms with Crippen molar-refractivity contribution < 1.29 is 9.47 Å². The third-order valence-electron chi connectivity index (χ3n) is 3.14. The van der Waals surface area contributed by atoms with Crippen LogP contribution >= 0.6 is 0 Å². The van der Waals surface area contributed by atoms with Crippen LogP contribution in [0, 0.1) is 0 Å². The molecule has 0 aliphatic heterocycles. The fourth-order valence-corrected chi connectivity index (χ4v) is 1.84. The van der Waals surface area contributed by atoms with E-state index in [-0.39, 0.29) is 6.10 Å². The van der Waals surface area contributed by atoms with Crippen LogP contribution in [-0.2, 0) is 22.6 Å². The lowest BCUT2D eigenvalue weighted by atomic mass is 10.1. The van der Waals surface area contributed by atoms with Gasteiger partial charge in [0.25, 0.3) is 0 Å². The van der Waals surface area contributed by atoms with E-state index in [0.29, 0.717) is 19.8 Å². The van der Waals surface area contributed by atoms with Crippen molar-refractivity contribution in [2.24, 2.45) is 0 Å². The van der Waals surface area contributed by atoms with Gasteiger partial charge < -0.3 is 14.8 Å². The molecule has 0 radical (unpaired) electrons. The molecule has 1 saturated carbocycles. The summed E-state index contributed by atoms with van der Waals surface area (Å²) in [6.07, 6.45) is 2.95. The van der Waals surface area contributed by atoms with Crippen molar-refractivity contribution in [3.8, 4) is 0 Å². The summed E-state index contributed by atoms with van der Waals surface area (Å²) in [6, 6.07) is 9.42. The number of rotatable bonds is 9. The van der Waals surface area contributed by atoms with Gasteiger partial charge in [-0.05, 0) is 37.8 Å². The van der Waals surface area contributed by atoms with Crippen LogP contribution in [-0.4, -0.2) is 25.4 Å². The van der Waals surface area contributed by atoms with Gasteiger partial charge in [0.05, 0.1) is 25.9 Å². The zero-order valence-corrected chi connectivity index (χ0v) is 12.0. The highest BCUT2D eigenvalue weighted by Crippen LogP contribution is 2.19. The molecule has 0 spiro atoms. The molecule has 0 heterocycles. The molecule has 0 aromatic heterocycles. The summed E-state index contributed by atoms with van der Waals surface area (Å²) >= 11 is 0. The van der Waals surface area contributed by atoms with Crippen LogP contribution in [0.3, 0.4) is 0 Å². The summed E-state index contributed by atoms with van der Waals surface area (Å²) in [7, 11) is 0. The molecular formula is C16H25NO2. The lowest BCUT2D eigenvalue weighted by molar-refractivity contribution is 0.0143. The fraction of sp³-hybridized carbons (Fsp3) is 0.625. The molecular weight excluding hydrogens is 238 g/mol. The van der Waals surface area contributed by atoms with Crippen LogP contribution < -0.4 is 5.32 Å². The van der Waals surface area contributed by atoms with E-state index < -0.39 is 0 Å². The quantitative estimate of drug-likeness (QED) is 0.695. The Kier molecular flexibility index (Phi) is 5.83. The normalized spacial score (nSPS) is 15.1. The number of hydrogen-bond donors (Lipinski definition) is 1. The monoisotopic (exact) mass is 263 g/mol. The van der Waals surface area contributed by atoms with Gasteiger partial charge >= 0.3 is 0 Å². The second-order valence-corrected chi connectivity index (χ2v) is 5.44. The molecule has 3 nitrogen and oxygen atoms in total. The Bertz CT molecular complexity index is 358. The molecule has 106 valence electrons. The van der Waals surface area contributed by atoms with Gasteiger partial charge in [-0.15, -0.1) is 0 Å². The van der Waals surface area contributed by atoms with Crippen molar-refractivity contribution in [2.45, 2.75) is 52.0 Å². The van der Waals surface area contributed by atoms with Gasteiger partial charge in [0.2, 0.25) is 0 Å². The van der Waals surface area contributed by atoms with Gasteiger partial charge in [0.1, 0.15) is 0 Å². The first-order valence-electron chi connectivity index (χ1n) is 7.24. The van der Waals surface area contributed by atoms with Crippen molar-refractivity contribution in [2.75, 3.05) is 13.2 Å². The van der Waals surface area contributed by atoms with Crippen LogP contribution in [0.25, 0.3) is 0 Å². The van der Waals surface area contributed by atoms with E-state index >= 15 is 0 Å². The Balaban J connectivity index is 1.60. The zero-order chi connectivity index (χ0) is 13.5. The Morgan fingerprint density at radius 2 is 1.79 bits per heavy atom. The minimum atomic E-state index is 0.279. The number of benzene rings is 1. The maximum absolute atomic E-state index is 5.58. The van der Waals surface area contributed by atoms with E-state index in [0.717, 1.165) is 12.6 Å². The molecule has 2 rings (SSSR count). The third kappa shape index (κ3) is 6.19. The number of hydrogen-bond acceptors (Lipinski definition) is 3. The fourth-order valence-electron chi connectivity index (χ4n) is 1.84. The Morgan fingerprint density at radius 1 is 1.11 bits per heavy atom. The van der Waals surface area contributed by atoms with Crippen LogP contribution in [0.4, 0.5) is 0 Å². The summed E-state index contributed by atoms with van der Waals surface area (Å²) < 4.78 is 11.0. The van der Waals surface area contributed by atoms with Crippen molar-refractivity contribution >= 4 is 0 Å². The van der Waals surface area contributed by atoms with E-state index in [4.69, 9.17) is 9.47 Å². The minimum absolute atomic E-state index is 0.279. The van der Waals surface area contributed by atoms with Crippen molar-refractivity contribution in [3.05, 3.63) is 35.4 Å². The molecule has 3 heteroatoms. The van der Waals surface area contributed by atoms with E-state index in [1.165, 1.54) is 24.0 Å². The van der Waals surface area contributed by atoms with Crippen LogP contribution in [0.1, 0.15) is 37.8 Å². The molecule has 0 atom stereocenters. The first-order valence-corrected chi connectivity index (χ1v) is 7.24. The second-order valence-electron chi connectivity index (χ2n) is 5.44. The summed E-state index contributed by atoms with van der Waals surface area (Å²) in [4.78, 5) is 0. The topological polar surface area (TPSA) is 30.5 Å². The van der Waals surface area contributed by atoms with Gasteiger partial charge in [-0.3, -0.25) is 0 Å². The van der Waals surface area contributed by atoms with E-state index in [1.54, 1.807) is 0 Å². The zero-order valence-electron chi connectivity index (χ0n) is 12.0. The van der Waals surface area contributed by atoms with Crippen LogP contribution in [0.5, 0.6) is 0 Å². The van der Waals surface area contributed by atoms with Gasteiger partial charge in [0, 0.05) is 12.6 Å². The second kappa shape index (κ2) is 7.63. The number of nitrogens with one attached hydrogen (secondary N) is 1. The lowest BCUT2D eigenvalue weighted by Gasteiger charge is -2.09. The molecule has 19 heavy (non-hydrogen) atoms. The molecule has 0 bridgehead atoms. The molecule has 1 fully saturated rings. The van der Waals surface area contributed by atoms with Gasteiger partial charge in [-0.2, -0.15) is 0 Å². The summed E-state index contributed by atoms with van der Waals surface area (Å²) in [5, 5.41) is 3.52. The Hall–Kier alpha value is -0.900. The van der Waals surface area contributed by atoms with E-state index in [1.807, 2.05) is 13.8 Å². The molecule has 1 N–H and O–H groups in total. The largest absolute Gasteiger partial charge is 0.376 e. The van der Waals surface area contributed by atoms with Crippen molar-refractivity contribution in [1.82, 2.24) is 5.32 Å². The molecule has 0 unspecified atom stereocenters. The van der Waals surface area contributed by atoms with Crippen LogP contribution in [0.15, 0.2) is 24.3 Å². The molecule has 1 aromatic carbocycles. The molecule has 1 aliphatic rings. The lowest BCUT2D eigenvalue weighted by Crippen LogP contribution is -2.15. The maximum atomic E-state index is 5.58. The van der Waals surface area contributed by atoms with Gasteiger partial charge in [0.15, 0.2) is 0 Å². The summed E-state index contributed by atoms with van der Waals surface area (Å²) in [5.41, 5.74) is 2.57. The minimum Gasteiger partial charge on any atom is -0.376 e. The first kappa shape index (κ1) is 14.5. The van der Waals surface area contributed by atoms with Crippen molar-refractivity contribution in [3.63, 3.8) is 0 Å². The molecule has 0 saturated heterocycles. The smallest absolute Gasteiger partial charge is 0.0718 e.